The molecule has 10 heteroatoms. The summed E-state index contributed by atoms with van der Waals surface area (Å²) in [7, 11) is -3.71. The van der Waals surface area contributed by atoms with Crippen molar-refractivity contribution in [2.45, 2.75) is 42.4 Å². The van der Waals surface area contributed by atoms with Crippen molar-refractivity contribution in [2.75, 3.05) is 13.2 Å². The first-order chi connectivity index (χ1) is 14.8. The van der Waals surface area contributed by atoms with Crippen molar-refractivity contribution in [3.63, 3.8) is 0 Å². The summed E-state index contributed by atoms with van der Waals surface area (Å²) in [6.45, 7) is 0.0397. The second-order valence-electron chi connectivity index (χ2n) is 7.30. The lowest BCUT2D eigenvalue weighted by molar-refractivity contribution is -0.0871. The third-order valence-corrected chi connectivity index (χ3v) is 6.97. The van der Waals surface area contributed by atoms with E-state index in [0.717, 1.165) is 0 Å². The van der Waals surface area contributed by atoms with Gasteiger partial charge in [0.1, 0.15) is 0 Å². The van der Waals surface area contributed by atoms with Crippen molar-refractivity contribution in [2.24, 2.45) is 0 Å². The highest BCUT2D eigenvalue weighted by atomic mass is 35.5. The SMILES string of the molecule is O=C(NCC[C@H]1CC[C@@H](NS(=O)(=O)c2ccccc2)[C@H](CO)O1)c1cc(Cl)cc(Cl)c1. The lowest BCUT2D eigenvalue weighted by atomic mass is 9.98. The van der Waals surface area contributed by atoms with Crippen LogP contribution in [0.3, 0.4) is 0 Å². The number of benzene rings is 2. The number of ether oxygens (including phenoxy) is 1. The Balaban J connectivity index is 1.51. The Morgan fingerprint density at radius 3 is 2.42 bits per heavy atom. The van der Waals surface area contributed by atoms with Crippen LogP contribution >= 0.6 is 23.2 Å². The van der Waals surface area contributed by atoms with E-state index in [-0.39, 0.29) is 23.5 Å². The average molecular weight is 487 g/mol. The molecule has 2 aromatic carbocycles. The maximum atomic E-state index is 12.6. The molecule has 1 amide bonds. The van der Waals surface area contributed by atoms with E-state index in [1.54, 1.807) is 24.3 Å². The Hall–Kier alpha value is -1.68. The fraction of sp³-hybridized carbons (Fsp3) is 0.381. The van der Waals surface area contributed by atoms with Gasteiger partial charge in [0.15, 0.2) is 0 Å². The van der Waals surface area contributed by atoms with Gasteiger partial charge >= 0.3 is 0 Å². The minimum Gasteiger partial charge on any atom is -0.394 e. The highest BCUT2D eigenvalue weighted by Gasteiger charge is 2.33. The molecule has 1 saturated heterocycles. The largest absolute Gasteiger partial charge is 0.394 e. The van der Waals surface area contributed by atoms with Gasteiger partial charge in [0, 0.05) is 22.2 Å². The number of sulfonamides is 1. The summed E-state index contributed by atoms with van der Waals surface area (Å²) in [6.07, 6.45) is 0.754. The van der Waals surface area contributed by atoms with Gasteiger partial charge < -0.3 is 15.2 Å². The Bertz CT molecular complexity index is 984. The lowest BCUT2D eigenvalue weighted by Crippen LogP contribution is -2.51. The zero-order chi connectivity index (χ0) is 22.4. The van der Waals surface area contributed by atoms with Gasteiger partial charge in [-0.2, -0.15) is 0 Å². The second-order valence-corrected chi connectivity index (χ2v) is 9.89. The van der Waals surface area contributed by atoms with E-state index in [0.29, 0.717) is 41.4 Å². The number of rotatable bonds is 8. The molecule has 1 aliphatic heterocycles. The molecule has 3 N–H and O–H groups in total. The molecule has 31 heavy (non-hydrogen) atoms. The molecule has 0 unspecified atom stereocenters. The van der Waals surface area contributed by atoms with Gasteiger partial charge in [-0.1, -0.05) is 41.4 Å². The number of aliphatic hydroxyl groups excluding tert-OH is 1. The molecule has 3 rings (SSSR count). The number of nitrogens with one attached hydrogen (secondary N) is 2. The molecule has 0 aromatic heterocycles. The fourth-order valence-corrected chi connectivity index (χ4v) is 5.33. The summed E-state index contributed by atoms with van der Waals surface area (Å²) >= 11 is 11.8. The van der Waals surface area contributed by atoms with Gasteiger partial charge in [-0.3, -0.25) is 4.79 Å². The van der Waals surface area contributed by atoms with Crippen molar-refractivity contribution in [3.05, 3.63) is 64.1 Å². The number of hydrogen-bond donors (Lipinski definition) is 3. The number of amides is 1. The van der Waals surface area contributed by atoms with Crippen molar-refractivity contribution < 1.29 is 23.1 Å². The number of hydrogen-bond acceptors (Lipinski definition) is 5. The van der Waals surface area contributed by atoms with Gasteiger partial charge in [0.05, 0.1) is 29.8 Å². The first-order valence-electron chi connectivity index (χ1n) is 9.86. The topological polar surface area (TPSA) is 105 Å². The Kier molecular flexibility index (Phi) is 8.32. The summed E-state index contributed by atoms with van der Waals surface area (Å²) in [5, 5.41) is 13.3. The summed E-state index contributed by atoms with van der Waals surface area (Å²) in [6, 6.07) is 12.1. The summed E-state index contributed by atoms with van der Waals surface area (Å²) in [4.78, 5) is 12.4. The van der Waals surface area contributed by atoms with Crippen molar-refractivity contribution >= 4 is 39.1 Å². The van der Waals surface area contributed by atoms with Crippen molar-refractivity contribution in [1.29, 1.82) is 0 Å². The standard InChI is InChI=1S/C21H24Cl2N2O5S/c22-15-10-14(11-16(23)12-15)21(27)24-9-8-17-6-7-19(20(13-26)30-17)25-31(28,29)18-4-2-1-3-5-18/h1-5,10-12,17,19-20,25-26H,6-9,13H2,(H,24,27)/t17-,19-,20+/m1/s1. The molecule has 168 valence electrons. The second kappa shape index (κ2) is 10.8. The average Bonchev–Trinajstić information content (AvgIpc) is 2.74. The number of halogens is 2. The predicted octanol–water partition coefficient (Wildman–Crippen LogP) is 3.00. The van der Waals surface area contributed by atoms with E-state index in [1.807, 2.05) is 0 Å². The third-order valence-electron chi connectivity index (χ3n) is 5.03. The van der Waals surface area contributed by atoms with Gasteiger partial charge in [-0.25, -0.2) is 13.1 Å². The van der Waals surface area contributed by atoms with E-state index in [4.69, 9.17) is 27.9 Å². The van der Waals surface area contributed by atoms with Gasteiger partial charge in [-0.15, -0.1) is 0 Å². The molecule has 0 radical (unpaired) electrons. The fourth-order valence-electron chi connectivity index (χ4n) is 3.48. The molecule has 0 bridgehead atoms. The first-order valence-corrected chi connectivity index (χ1v) is 12.1. The highest BCUT2D eigenvalue weighted by molar-refractivity contribution is 7.89. The Labute approximate surface area is 191 Å². The van der Waals surface area contributed by atoms with E-state index in [2.05, 4.69) is 10.0 Å². The van der Waals surface area contributed by atoms with Crippen molar-refractivity contribution in [1.82, 2.24) is 10.0 Å². The molecule has 3 atom stereocenters. The minimum atomic E-state index is -3.71. The van der Waals surface area contributed by atoms with E-state index < -0.39 is 22.2 Å². The molecule has 1 fully saturated rings. The minimum absolute atomic E-state index is 0.164. The molecule has 2 aromatic rings. The Morgan fingerprint density at radius 1 is 1.10 bits per heavy atom. The van der Waals surface area contributed by atoms with Crippen LogP contribution in [0.1, 0.15) is 29.6 Å². The van der Waals surface area contributed by atoms with Crippen LogP contribution in [0.25, 0.3) is 0 Å². The van der Waals surface area contributed by atoms with E-state index >= 15 is 0 Å². The lowest BCUT2D eigenvalue weighted by Gasteiger charge is -2.36. The summed E-state index contributed by atoms with van der Waals surface area (Å²) < 4.78 is 33.6. The number of aliphatic hydroxyl groups is 1. The molecular weight excluding hydrogens is 463 g/mol. The molecule has 0 saturated carbocycles. The van der Waals surface area contributed by atoms with Crippen LogP contribution in [-0.2, 0) is 14.8 Å². The van der Waals surface area contributed by atoms with Crippen LogP contribution in [0.5, 0.6) is 0 Å². The monoisotopic (exact) mass is 486 g/mol. The van der Waals surface area contributed by atoms with Crippen LogP contribution in [0, 0.1) is 0 Å². The summed E-state index contributed by atoms with van der Waals surface area (Å²) in [5.41, 5.74) is 0.366. The number of carbonyl (C=O) groups excluding carboxylic acids is 1. The number of carbonyl (C=O) groups is 1. The van der Waals surface area contributed by atoms with Crippen molar-refractivity contribution in [3.8, 4) is 0 Å². The third kappa shape index (κ3) is 6.65. The molecule has 0 aliphatic carbocycles. The van der Waals surface area contributed by atoms with Crippen LogP contribution in [0.4, 0.5) is 0 Å². The normalized spacial score (nSPS) is 21.6. The molecule has 1 aliphatic rings. The van der Waals surface area contributed by atoms with Gasteiger partial charge in [-0.05, 0) is 49.6 Å². The highest BCUT2D eigenvalue weighted by Crippen LogP contribution is 2.24. The van der Waals surface area contributed by atoms with Crippen LogP contribution < -0.4 is 10.0 Å². The van der Waals surface area contributed by atoms with Crippen LogP contribution in [-0.4, -0.2) is 50.8 Å². The zero-order valence-corrected chi connectivity index (χ0v) is 19.0. The van der Waals surface area contributed by atoms with Gasteiger partial charge in [0.2, 0.25) is 10.0 Å². The van der Waals surface area contributed by atoms with Gasteiger partial charge in [0.25, 0.3) is 5.91 Å². The van der Waals surface area contributed by atoms with E-state index in [1.165, 1.54) is 24.3 Å². The van der Waals surface area contributed by atoms with Crippen LogP contribution in [0.15, 0.2) is 53.4 Å². The molecule has 7 nitrogen and oxygen atoms in total. The molecule has 1 heterocycles. The first kappa shape index (κ1) is 24.0. The predicted molar refractivity (Wildman–Crippen MR) is 119 cm³/mol. The summed E-state index contributed by atoms with van der Waals surface area (Å²) in [5.74, 6) is -0.299. The zero-order valence-electron chi connectivity index (χ0n) is 16.6. The Morgan fingerprint density at radius 2 is 1.77 bits per heavy atom. The maximum Gasteiger partial charge on any atom is 0.251 e. The quantitative estimate of drug-likeness (QED) is 0.531. The maximum absolute atomic E-state index is 12.6. The van der Waals surface area contributed by atoms with Crippen LogP contribution in [0.2, 0.25) is 10.0 Å². The molecule has 0 spiro atoms. The molecular formula is C21H24Cl2N2O5S. The smallest absolute Gasteiger partial charge is 0.251 e. The van der Waals surface area contributed by atoms with E-state index in [9.17, 15) is 18.3 Å².